The molecule has 0 saturated heterocycles. The number of pyridine rings is 1. The first kappa shape index (κ1) is 15.9. The summed E-state index contributed by atoms with van der Waals surface area (Å²) < 4.78 is 51.9. The highest BCUT2D eigenvalue weighted by Gasteiger charge is 2.31. The lowest BCUT2D eigenvalue weighted by molar-refractivity contribution is -0.137. The van der Waals surface area contributed by atoms with E-state index in [1.807, 2.05) is 0 Å². The van der Waals surface area contributed by atoms with Crippen LogP contribution in [0.3, 0.4) is 0 Å². The van der Waals surface area contributed by atoms with Gasteiger partial charge in [-0.05, 0) is 30.3 Å². The van der Waals surface area contributed by atoms with Crippen LogP contribution in [0.2, 0.25) is 0 Å². The van der Waals surface area contributed by atoms with E-state index in [1.165, 1.54) is 18.2 Å². The number of benzene rings is 1. The van der Waals surface area contributed by atoms with Gasteiger partial charge in [-0.3, -0.25) is 10.8 Å². The fourth-order valence-corrected chi connectivity index (χ4v) is 2.19. The molecule has 21 heavy (non-hydrogen) atoms. The Kier molecular flexibility index (Phi) is 4.60. The Morgan fingerprint density at radius 2 is 1.90 bits per heavy atom. The van der Waals surface area contributed by atoms with Gasteiger partial charge in [0, 0.05) is 16.2 Å². The number of nitrogens with one attached hydrogen (secondary N) is 1. The maximum absolute atomic E-state index is 13.8. The van der Waals surface area contributed by atoms with Gasteiger partial charge in [-0.2, -0.15) is 13.2 Å². The summed E-state index contributed by atoms with van der Waals surface area (Å²) in [5.41, 5.74) is 1.84. The number of alkyl halides is 3. The highest BCUT2D eigenvalue weighted by atomic mass is 79.9. The van der Waals surface area contributed by atoms with Crippen molar-refractivity contribution in [2.75, 3.05) is 0 Å². The lowest BCUT2D eigenvalue weighted by atomic mass is 10.0. The normalized spacial score (nSPS) is 13.2. The Hall–Kier alpha value is -1.51. The molecule has 0 aliphatic carbocycles. The summed E-state index contributed by atoms with van der Waals surface area (Å²) in [4.78, 5) is 3.72. The lowest BCUT2D eigenvalue weighted by Gasteiger charge is -2.17. The van der Waals surface area contributed by atoms with Crippen molar-refractivity contribution < 1.29 is 17.6 Å². The molecule has 2 rings (SSSR count). The first-order valence-electron chi connectivity index (χ1n) is 5.77. The van der Waals surface area contributed by atoms with E-state index in [0.717, 1.165) is 12.1 Å². The van der Waals surface area contributed by atoms with E-state index < -0.39 is 23.6 Å². The quantitative estimate of drug-likeness (QED) is 0.498. The highest BCUT2D eigenvalue weighted by Crippen LogP contribution is 2.30. The molecule has 0 amide bonds. The van der Waals surface area contributed by atoms with Crippen molar-refractivity contribution >= 4 is 15.9 Å². The molecule has 0 aliphatic heterocycles. The fraction of sp³-hybridized carbons (Fsp3) is 0.154. The van der Waals surface area contributed by atoms with Gasteiger partial charge in [0.05, 0.1) is 17.3 Å². The average molecular weight is 364 g/mol. The van der Waals surface area contributed by atoms with Gasteiger partial charge in [0.2, 0.25) is 0 Å². The summed E-state index contributed by atoms with van der Waals surface area (Å²) in [6, 6.07) is 5.40. The number of hydrogen-bond acceptors (Lipinski definition) is 3. The number of nitrogens with two attached hydrogens (primary N) is 1. The monoisotopic (exact) mass is 363 g/mol. The Morgan fingerprint density at radius 1 is 1.19 bits per heavy atom. The molecule has 0 bridgehead atoms. The van der Waals surface area contributed by atoms with Crippen molar-refractivity contribution in [2.24, 2.45) is 5.84 Å². The van der Waals surface area contributed by atoms with Gasteiger partial charge in [-0.1, -0.05) is 15.9 Å². The third-order valence-electron chi connectivity index (χ3n) is 2.85. The molecule has 1 aromatic heterocycles. The van der Waals surface area contributed by atoms with Crippen LogP contribution >= 0.6 is 15.9 Å². The SMILES string of the molecule is NNC(c1ccc(C(F)(F)F)cn1)c1cc(Br)ccc1F. The maximum atomic E-state index is 13.8. The van der Waals surface area contributed by atoms with E-state index >= 15 is 0 Å². The second kappa shape index (κ2) is 6.08. The smallest absolute Gasteiger partial charge is 0.271 e. The van der Waals surface area contributed by atoms with Gasteiger partial charge < -0.3 is 0 Å². The molecule has 0 saturated carbocycles. The third-order valence-corrected chi connectivity index (χ3v) is 3.34. The van der Waals surface area contributed by atoms with E-state index in [2.05, 4.69) is 26.3 Å². The second-order valence-corrected chi connectivity index (χ2v) is 5.15. The number of hydrogen-bond donors (Lipinski definition) is 2. The van der Waals surface area contributed by atoms with E-state index in [9.17, 15) is 17.6 Å². The lowest BCUT2D eigenvalue weighted by Crippen LogP contribution is -2.30. The maximum Gasteiger partial charge on any atom is 0.417 e. The summed E-state index contributed by atoms with van der Waals surface area (Å²) in [6.45, 7) is 0. The fourth-order valence-electron chi connectivity index (χ4n) is 1.81. The molecule has 8 heteroatoms. The molecule has 1 aromatic carbocycles. The molecular weight excluding hydrogens is 354 g/mol. The zero-order valence-corrected chi connectivity index (χ0v) is 12.0. The number of rotatable bonds is 3. The zero-order valence-electron chi connectivity index (χ0n) is 10.5. The molecule has 0 fully saturated rings. The first-order chi connectivity index (χ1) is 9.82. The van der Waals surface area contributed by atoms with Gasteiger partial charge in [0.1, 0.15) is 5.82 Å². The second-order valence-electron chi connectivity index (χ2n) is 4.24. The number of nitrogens with zero attached hydrogens (tertiary/aromatic N) is 1. The Balaban J connectivity index is 2.40. The van der Waals surface area contributed by atoms with Crippen LogP contribution in [0.15, 0.2) is 41.0 Å². The minimum atomic E-state index is -4.47. The summed E-state index contributed by atoms with van der Waals surface area (Å²) in [5.74, 6) is 4.85. The summed E-state index contributed by atoms with van der Waals surface area (Å²) in [7, 11) is 0. The van der Waals surface area contributed by atoms with Crippen LogP contribution in [0.1, 0.15) is 22.9 Å². The molecule has 0 radical (unpaired) electrons. The molecule has 1 atom stereocenters. The topological polar surface area (TPSA) is 50.9 Å². The van der Waals surface area contributed by atoms with Crippen LogP contribution in [0.5, 0.6) is 0 Å². The molecule has 1 unspecified atom stereocenters. The molecule has 2 aromatic rings. The van der Waals surface area contributed by atoms with E-state index in [1.54, 1.807) is 0 Å². The molecule has 3 N–H and O–H groups in total. The van der Waals surface area contributed by atoms with E-state index in [0.29, 0.717) is 10.7 Å². The van der Waals surface area contributed by atoms with Crippen LogP contribution in [-0.2, 0) is 6.18 Å². The highest BCUT2D eigenvalue weighted by molar-refractivity contribution is 9.10. The minimum absolute atomic E-state index is 0.180. The third kappa shape index (κ3) is 3.58. The molecule has 0 spiro atoms. The largest absolute Gasteiger partial charge is 0.417 e. The Morgan fingerprint density at radius 3 is 2.43 bits per heavy atom. The molecule has 112 valence electrons. The van der Waals surface area contributed by atoms with Gasteiger partial charge in [-0.15, -0.1) is 0 Å². The van der Waals surface area contributed by atoms with Crippen molar-refractivity contribution in [3.63, 3.8) is 0 Å². The molecule has 0 aliphatic rings. The van der Waals surface area contributed by atoms with Gasteiger partial charge in [0.15, 0.2) is 0 Å². The van der Waals surface area contributed by atoms with Crippen molar-refractivity contribution in [3.05, 3.63) is 63.6 Å². The van der Waals surface area contributed by atoms with Gasteiger partial charge >= 0.3 is 6.18 Å². The number of aromatic nitrogens is 1. The number of halogens is 5. The summed E-state index contributed by atoms with van der Waals surface area (Å²) in [5, 5.41) is 0. The Bertz CT molecular complexity index is 628. The summed E-state index contributed by atoms with van der Waals surface area (Å²) >= 11 is 3.20. The Labute approximate surface area is 126 Å². The molecule has 3 nitrogen and oxygen atoms in total. The molecule has 1 heterocycles. The van der Waals surface area contributed by atoms with Crippen molar-refractivity contribution in [1.29, 1.82) is 0 Å². The van der Waals surface area contributed by atoms with Crippen molar-refractivity contribution in [3.8, 4) is 0 Å². The zero-order chi connectivity index (χ0) is 15.6. The first-order valence-corrected chi connectivity index (χ1v) is 6.56. The van der Waals surface area contributed by atoms with Crippen LogP contribution in [0.4, 0.5) is 17.6 Å². The number of hydrazine groups is 1. The van der Waals surface area contributed by atoms with Crippen LogP contribution in [0, 0.1) is 5.82 Å². The summed E-state index contributed by atoms with van der Waals surface area (Å²) in [6.07, 6.45) is -3.78. The van der Waals surface area contributed by atoms with Gasteiger partial charge in [0.25, 0.3) is 0 Å². The minimum Gasteiger partial charge on any atom is -0.271 e. The molecular formula is C13H10BrF4N3. The van der Waals surface area contributed by atoms with Crippen LogP contribution in [-0.4, -0.2) is 4.98 Å². The van der Waals surface area contributed by atoms with E-state index in [4.69, 9.17) is 5.84 Å². The predicted molar refractivity (Wildman–Crippen MR) is 72.5 cm³/mol. The van der Waals surface area contributed by atoms with Crippen molar-refractivity contribution in [1.82, 2.24) is 10.4 Å². The average Bonchev–Trinajstić information content (AvgIpc) is 2.43. The predicted octanol–water partition coefficient (Wildman–Crippen LogP) is 3.55. The van der Waals surface area contributed by atoms with Crippen LogP contribution < -0.4 is 11.3 Å². The van der Waals surface area contributed by atoms with Crippen LogP contribution in [0.25, 0.3) is 0 Å². The van der Waals surface area contributed by atoms with Crippen molar-refractivity contribution in [2.45, 2.75) is 12.2 Å². The van der Waals surface area contributed by atoms with Gasteiger partial charge in [-0.25, -0.2) is 9.82 Å². The standard InChI is InChI=1S/C13H10BrF4N3/c14-8-2-3-10(15)9(5-8)12(21-19)11-4-1-7(6-20-11)13(16,17)18/h1-6,12,21H,19H2. The van der Waals surface area contributed by atoms with E-state index in [-0.39, 0.29) is 11.3 Å².